The van der Waals surface area contributed by atoms with Crippen molar-refractivity contribution in [3.63, 3.8) is 0 Å². The average molecular weight is 300 g/mol. The highest BCUT2D eigenvalue weighted by atomic mass is 32.2. The lowest BCUT2D eigenvalue weighted by Crippen LogP contribution is -2.22. The van der Waals surface area contributed by atoms with Crippen LogP contribution in [-0.2, 0) is 4.79 Å². The zero-order chi connectivity index (χ0) is 15.2. The van der Waals surface area contributed by atoms with E-state index in [1.54, 1.807) is 24.3 Å². The minimum absolute atomic E-state index is 0.120. The summed E-state index contributed by atoms with van der Waals surface area (Å²) in [6.07, 6.45) is 0. The predicted octanol–water partition coefficient (Wildman–Crippen LogP) is 2.90. The monoisotopic (exact) mass is 300 g/mol. The molecule has 0 aromatic heterocycles. The van der Waals surface area contributed by atoms with Gasteiger partial charge in [-0.15, -0.1) is 11.8 Å². The quantitative estimate of drug-likeness (QED) is 0.834. The van der Waals surface area contributed by atoms with Crippen molar-refractivity contribution in [3.8, 4) is 0 Å². The Hall–Kier alpha value is -2.27. The molecular weight excluding hydrogens is 284 g/mol. The first-order chi connectivity index (χ1) is 10.1. The largest absolute Gasteiger partial charge is 0.366 e. The van der Waals surface area contributed by atoms with Crippen LogP contribution in [0.2, 0.25) is 0 Å². The van der Waals surface area contributed by atoms with Gasteiger partial charge in [-0.05, 0) is 37.3 Å². The number of rotatable bonds is 5. The number of carbonyl (C=O) groups is 2. The number of hydrogen-bond donors (Lipinski definition) is 2. The van der Waals surface area contributed by atoms with Gasteiger partial charge in [0.15, 0.2) is 0 Å². The number of carbonyl (C=O) groups excluding carboxylic acids is 2. The van der Waals surface area contributed by atoms with Crippen LogP contribution >= 0.6 is 11.8 Å². The molecule has 4 nitrogen and oxygen atoms in total. The Bertz CT molecular complexity index is 644. The third-order valence-corrected chi connectivity index (χ3v) is 3.95. The lowest BCUT2D eigenvalue weighted by Gasteiger charge is -2.12. The Kier molecular flexibility index (Phi) is 5.00. The van der Waals surface area contributed by atoms with E-state index in [0.29, 0.717) is 11.3 Å². The van der Waals surface area contributed by atoms with Crippen LogP contribution < -0.4 is 11.1 Å². The Morgan fingerprint density at radius 3 is 2.48 bits per heavy atom. The predicted molar refractivity (Wildman–Crippen MR) is 85.4 cm³/mol. The van der Waals surface area contributed by atoms with Crippen LogP contribution in [-0.4, -0.2) is 17.1 Å². The first-order valence-corrected chi connectivity index (χ1v) is 7.36. The Labute approximate surface area is 127 Å². The second-order valence-corrected chi connectivity index (χ2v) is 5.92. The summed E-state index contributed by atoms with van der Waals surface area (Å²) in [5, 5.41) is 2.54. The van der Waals surface area contributed by atoms with Crippen LogP contribution in [0.5, 0.6) is 0 Å². The van der Waals surface area contributed by atoms with Gasteiger partial charge in [0.25, 0.3) is 0 Å². The van der Waals surface area contributed by atoms with Crippen molar-refractivity contribution in [2.45, 2.75) is 17.1 Å². The van der Waals surface area contributed by atoms with Gasteiger partial charge in [-0.3, -0.25) is 9.59 Å². The molecule has 5 heteroatoms. The van der Waals surface area contributed by atoms with Gasteiger partial charge in [0.05, 0.1) is 5.25 Å². The van der Waals surface area contributed by atoms with Gasteiger partial charge in [-0.1, -0.05) is 24.3 Å². The van der Waals surface area contributed by atoms with Crippen LogP contribution in [0.15, 0.2) is 59.5 Å². The molecule has 3 N–H and O–H groups in total. The highest BCUT2D eigenvalue weighted by Gasteiger charge is 2.14. The first kappa shape index (κ1) is 15.1. The summed E-state index contributed by atoms with van der Waals surface area (Å²) >= 11 is 1.48. The number of benzene rings is 2. The molecular formula is C16H16N2O2S. The summed E-state index contributed by atoms with van der Waals surface area (Å²) in [7, 11) is 0. The molecule has 0 heterocycles. The molecule has 0 aliphatic heterocycles. The molecule has 1 atom stereocenters. The molecule has 108 valence electrons. The van der Waals surface area contributed by atoms with Crippen molar-refractivity contribution < 1.29 is 9.59 Å². The number of nitrogens with two attached hydrogens (primary N) is 1. The lowest BCUT2D eigenvalue weighted by molar-refractivity contribution is -0.115. The normalized spacial score (nSPS) is 11.7. The highest BCUT2D eigenvalue weighted by Crippen LogP contribution is 2.23. The highest BCUT2D eigenvalue weighted by molar-refractivity contribution is 8.00. The molecule has 2 amide bonds. The van der Waals surface area contributed by atoms with Gasteiger partial charge in [0.2, 0.25) is 11.8 Å². The lowest BCUT2D eigenvalue weighted by atomic mass is 10.2. The van der Waals surface area contributed by atoms with Gasteiger partial charge >= 0.3 is 0 Å². The van der Waals surface area contributed by atoms with Crippen molar-refractivity contribution >= 4 is 29.3 Å². The van der Waals surface area contributed by atoms with Gasteiger partial charge in [0.1, 0.15) is 0 Å². The van der Waals surface area contributed by atoms with E-state index in [1.807, 2.05) is 37.3 Å². The molecule has 0 bridgehead atoms. The van der Waals surface area contributed by atoms with E-state index < -0.39 is 5.91 Å². The number of thioether (sulfide) groups is 1. The Balaban J connectivity index is 2.00. The fourth-order valence-corrected chi connectivity index (χ4v) is 2.64. The minimum atomic E-state index is -0.516. The number of primary amides is 1. The van der Waals surface area contributed by atoms with Gasteiger partial charge in [-0.25, -0.2) is 0 Å². The molecule has 0 aliphatic rings. The number of hydrogen-bond acceptors (Lipinski definition) is 3. The van der Waals surface area contributed by atoms with Crippen LogP contribution in [0.25, 0.3) is 0 Å². The topological polar surface area (TPSA) is 72.2 Å². The summed E-state index contributed by atoms with van der Waals surface area (Å²) < 4.78 is 0. The standard InChI is InChI=1S/C16H16N2O2S/c1-11(21-14-8-3-2-4-9-14)16(20)18-13-7-5-6-12(10-13)15(17)19/h2-11H,1H3,(H2,17,19)(H,18,20). The SMILES string of the molecule is CC(Sc1ccccc1)C(=O)Nc1cccc(C(N)=O)c1. The summed E-state index contributed by atoms with van der Waals surface area (Å²) in [6, 6.07) is 16.3. The van der Waals surface area contributed by atoms with Crippen molar-refractivity contribution in [2.24, 2.45) is 5.73 Å². The maximum atomic E-state index is 12.1. The zero-order valence-corrected chi connectivity index (χ0v) is 12.4. The van der Waals surface area contributed by atoms with Crippen LogP contribution in [0, 0.1) is 0 Å². The molecule has 0 saturated heterocycles. The maximum absolute atomic E-state index is 12.1. The second-order valence-electron chi connectivity index (χ2n) is 4.51. The van der Waals surface area contributed by atoms with Crippen molar-refractivity contribution in [3.05, 3.63) is 60.2 Å². The third kappa shape index (κ3) is 4.36. The third-order valence-electron chi connectivity index (χ3n) is 2.84. The molecule has 0 fully saturated rings. The molecule has 0 aliphatic carbocycles. The maximum Gasteiger partial charge on any atom is 0.248 e. The summed E-state index contributed by atoms with van der Waals surface area (Å²) in [4.78, 5) is 24.3. The Morgan fingerprint density at radius 1 is 1.10 bits per heavy atom. The van der Waals surface area contributed by atoms with E-state index in [1.165, 1.54) is 11.8 Å². The number of amides is 2. The number of anilines is 1. The van der Waals surface area contributed by atoms with Crippen LogP contribution in [0.4, 0.5) is 5.69 Å². The van der Waals surface area contributed by atoms with Crippen LogP contribution in [0.1, 0.15) is 17.3 Å². The second kappa shape index (κ2) is 6.95. The number of nitrogens with one attached hydrogen (secondary N) is 1. The molecule has 2 aromatic rings. The average Bonchev–Trinajstić information content (AvgIpc) is 2.48. The van der Waals surface area contributed by atoms with E-state index in [2.05, 4.69) is 5.32 Å². The molecule has 2 aromatic carbocycles. The van der Waals surface area contributed by atoms with Crippen molar-refractivity contribution in [1.29, 1.82) is 0 Å². The fourth-order valence-electron chi connectivity index (χ4n) is 1.75. The first-order valence-electron chi connectivity index (χ1n) is 6.48. The van der Waals surface area contributed by atoms with Crippen molar-refractivity contribution in [2.75, 3.05) is 5.32 Å². The van der Waals surface area contributed by atoms with E-state index in [9.17, 15) is 9.59 Å². The van der Waals surface area contributed by atoms with Crippen LogP contribution in [0.3, 0.4) is 0 Å². The van der Waals surface area contributed by atoms with E-state index in [-0.39, 0.29) is 11.2 Å². The van der Waals surface area contributed by atoms with E-state index >= 15 is 0 Å². The molecule has 2 rings (SSSR count). The molecule has 0 saturated carbocycles. The minimum Gasteiger partial charge on any atom is -0.366 e. The molecule has 1 unspecified atom stereocenters. The van der Waals surface area contributed by atoms with Gasteiger partial charge in [0, 0.05) is 16.1 Å². The summed E-state index contributed by atoms with van der Waals surface area (Å²) in [6.45, 7) is 1.84. The van der Waals surface area contributed by atoms with E-state index in [0.717, 1.165) is 4.90 Å². The Morgan fingerprint density at radius 2 is 1.81 bits per heavy atom. The van der Waals surface area contributed by atoms with E-state index in [4.69, 9.17) is 5.73 Å². The fraction of sp³-hybridized carbons (Fsp3) is 0.125. The van der Waals surface area contributed by atoms with Crippen molar-refractivity contribution in [1.82, 2.24) is 0 Å². The van der Waals surface area contributed by atoms with Gasteiger partial charge < -0.3 is 11.1 Å². The molecule has 0 radical (unpaired) electrons. The summed E-state index contributed by atoms with van der Waals surface area (Å²) in [5.41, 5.74) is 6.16. The summed E-state index contributed by atoms with van der Waals surface area (Å²) in [5.74, 6) is -0.636. The van der Waals surface area contributed by atoms with Gasteiger partial charge in [-0.2, -0.15) is 0 Å². The molecule has 0 spiro atoms. The molecule has 21 heavy (non-hydrogen) atoms. The zero-order valence-electron chi connectivity index (χ0n) is 11.6. The smallest absolute Gasteiger partial charge is 0.248 e.